The van der Waals surface area contributed by atoms with Gasteiger partial charge in [-0.15, -0.1) is 0 Å². The second kappa shape index (κ2) is 7.41. The molecule has 1 atom stereocenters. The fourth-order valence-corrected chi connectivity index (χ4v) is 4.85. The molecular formula is C14H28N2O3S. The van der Waals surface area contributed by atoms with Crippen LogP contribution in [-0.4, -0.2) is 38.4 Å². The number of carbonyl (C=O) groups excluding carboxylic acids is 1. The van der Waals surface area contributed by atoms with Crippen molar-refractivity contribution in [3.05, 3.63) is 0 Å². The Labute approximate surface area is 122 Å². The zero-order chi connectivity index (χ0) is 15.2. The Morgan fingerprint density at radius 3 is 2.30 bits per heavy atom. The summed E-state index contributed by atoms with van der Waals surface area (Å²) in [6, 6.07) is 0. The minimum Gasteiger partial charge on any atom is -0.354 e. The Kier molecular flexibility index (Phi) is 6.45. The first-order valence-electron chi connectivity index (χ1n) is 7.62. The molecule has 3 N–H and O–H groups in total. The van der Waals surface area contributed by atoms with Crippen LogP contribution in [-0.2, 0) is 14.6 Å². The maximum absolute atomic E-state index is 12.5. The number of sulfone groups is 1. The summed E-state index contributed by atoms with van der Waals surface area (Å²) in [5.74, 6) is 0.172. The maximum atomic E-state index is 12.5. The van der Waals surface area contributed by atoms with Gasteiger partial charge in [-0.2, -0.15) is 0 Å². The van der Waals surface area contributed by atoms with E-state index in [2.05, 4.69) is 5.32 Å². The van der Waals surface area contributed by atoms with Gasteiger partial charge >= 0.3 is 0 Å². The number of nitrogens with two attached hydrogens (primary N) is 1. The topological polar surface area (TPSA) is 89.3 Å². The van der Waals surface area contributed by atoms with Gasteiger partial charge in [-0.05, 0) is 25.7 Å². The second-order valence-electron chi connectivity index (χ2n) is 5.83. The highest BCUT2D eigenvalue weighted by atomic mass is 32.2. The molecule has 1 rings (SSSR count). The van der Waals surface area contributed by atoms with E-state index in [1.54, 1.807) is 0 Å². The van der Waals surface area contributed by atoms with Crippen molar-refractivity contribution < 1.29 is 13.2 Å². The average molecular weight is 304 g/mol. The third-order valence-corrected chi connectivity index (χ3v) is 6.56. The fraction of sp³-hybridized carbons (Fsp3) is 0.929. The molecule has 118 valence electrons. The van der Waals surface area contributed by atoms with Crippen molar-refractivity contribution >= 4 is 15.7 Å². The van der Waals surface area contributed by atoms with Crippen LogP contribution >= 0.6 is 0 Å². The van der Waals surface area contributed by atoms with Crippen LogP contribution in [0.15, 0.2) is 0 Å². The van der Waals surface area contributed by atoms with E-state index in [1.807, 2.05) is 13.8 Å². The molecule has 1 unspecified atom stereocenters. The summed E-state index contributed by atoms with van der Waals surface area (Å²) in [7, 11) is -3.01. The van der Waals surface area contributed by atoms with Crippen LogP contribution < -0.4 is 11.1 Å². The zero-order valence-electron chi connectivity index (χ0n) is 12.7. The van der Waals surface area contributed by atoms with Crippen LogP contribution in [0.2, 0.25) is 0 Å². The average Bonchev–Trinajstić information content (AvgIpc) is 2.74. The zero-order valence-corrected chi connectivity index (χ0v) is 13.5. The molecule has 1 heterocycles. The van der Waals surface area contributed by atoms with Crippen molar-refractivity contribution in [2.45, 2.75) is 57.6 Å². The summed E-state index contributed by atoms with van der Waals surface area (Å²) in [5.41, 5.74) is 5.30. The van der Waals surface area contributed by atoms with Crippen LogP contribution in [0, 0.1) is 5.41 Å². The summed E-state index contributed by atoms with van der Waals surface area (Å²) in [4.78, 5) is 12.5. The van der Waals surface area contributed by atoms with E-state index in [9.17, 15) is 13.2 Å². The number of rotatable bonds is 8. The lowest BCUT2D eigenvalue weighted by Gasteiger charge is -2.31. The Balaban J connectivity index is 2.67. The molecule has 1 saturated heterocycles. The van der Waals surface area contributed by atoms with E-state index < -0.39 is 20.5 Å². The van der Waals surface area contributed by atoms with Crippen LogP contribution in [0.3, 0.4) is 0 Å². The molecule has 1 amide bonds. The van der Waals surface area contributed by atoms with Gasteiger partial charge < -0.3 is 11.1 Å². The van der Waals surface area contributed by atoms with Gasteiger partial charge in [-0.3, -0.25) is 4.79 Å². The molecule has 1 aliphatic rings. The predicted molar refractivity (Wildman–Crippen MR) is 81.1 cm³/mol. The molecule has 0 aromatic heterocycles. The summed E-state index contributed by atoms with van der Waals surface area (Å²) in [6.07, 6.45) is 4.65. The molecule has 6 heteroatoms. The summed E-state index contributed by atoms with van der Waals surface area (Å²) in [6.45, 7) is 4.62. The number of carbonyl (C=O) groups is 1. The largest absolute Gasteiger partial charge is 0.354 e. The quantitative estimate of drug-likeness (QED) is 0.705. The highest BCUT2D eigenvalue weighted by Gasteiger charge is 2.37. The molecule has 0 radical (unpaired) electrons. The van der Waals surface area contributed by atoms with Crippen LogP contribution in [0.5, 0.6) is 0 Å². The number of hydrogen-bond acceptors (Lipinski definition) is 4. The minimum absolute atomic E-state index is 0.0780. The first-order valence-corrected chi connectivity index (χ1v) is 9.33. The van der Waals surface area contributed by atoms with E-state index in [0.717, 1.165) is 25.7 Å². The molecule has 5 nitrogen and oxygen atoms in total. The SMILES string of the molecule is CCCC(CN)(CCC)C(=O)NCC1CCCS1(=O)=O. The van der Waals surface area contributed by atoms with Gasteiger partial charge in [0.15, 0.2) is 9.84 Å². The minimum atomic E-state index is -3.01. The van der Waals surface area contributed by atoms with E-state index in [-0.39, 0.29) is 18.2 Å². The second-order valence-corrected chi connectivity index (χ2v) is 8.23. The van der Waals surface area contributed by atoms with Gasteiger partial charge in [-0.1, -0.05) is 26.7 Å². The predicted octanol–water partition coefficient (Wildman–Crippen LogP) is 1.23. The number of hydrogen-bond donors (Lipinski definition) is 2. The Bertz CT molecular complexity index is 414. The van der Waals surface area contributed by atoms with Gasteiger partial charge in [0, 0.05) is 13.1 Å². The van der Waals surface area contributed by atoms with Crippen LogP contribution in [0.4, 0.5) is 0 Å². The summed E-state index contributed by atoms with van der Waals surface area (Å²) in [5, 5.41) is 2.43. The highest BCUT2D eigenvalue weighted by molar-refractivity contribution is 7.92. The van der Waals surface area contributed by atoms with Crippen molar-refractivity contribution in [3.63, 3.8) is 0 Å². The molecule has 0 aromatic carbocycles. The lowest BCUT2D eigenvalue weighted by Crippen LogP contribution is -2.48. The normalized spacial score (nSPS) is 21.9. The molecule has 0 spiro atoms. The molecule has 0 saturated carbocycles. The van der Waals surface area contributed by atoms with Crippen LogP contribution in [0.25, 0.3) is 0 Å². The summed E-state index contributed by atoms with van der Waals surface area (Å²) >= 11 is 0. The first kappa shape index (κ1) is 17.4. The van der Waals surface area contributed by atoms with E-state index in [1.165, 1.54) is 0 Å². The number of nitrogens with one attached hydrogen (secondary N) is 1. The number of amides is 1. The lowest BCUT2D eigenvalue weighted by molar-refractivity contribution is -0.131. The van der Waals surface area contributed by atoms with Gasteiger partial charge in [-0.25, -0.2) is 8.42 Å². The molecule has 20 heavy (non-hydrogen) atoms. The van der Waals surface area contributed by atoms with Crippen LogP contribution in [0.1, 0.15) is 52.4 Å². The fourth-order valence-electron chi connectivity index (χ4n) is 3.09. The first-order chi connectivity index (χ1) is 9.41. The van der Waals surface area contributed by atoms with Gasteiger partial charge in [0.05, 0.1) is 16.4 Å². The molecule has 0 bridgehead atoms. The molecular weight excluding hydrogens is 276 g/mol. The van der Waals surface area contributed by atoms with Gasteiger partial charge in [0.25, 0.3) is 0 Å². The monoisotopic (exact) mass is 304 g/mol. The van der Waals surface area contributed by atoms with Crippen molar-refractivity contribution in [1.29, 1.82) is 0 Å². The Morgan fingerprint density at radius 2 is 1.90 bits per heavy atom. The molecule has 1 aliphatic heterocycles. The van der Waals surface area contributed by atoms with Crippen molar-refractivity contribution in [2.24, 2.45) is 11.1 Å². The lowest BCUT2D eigenvalue weighted by atomic mass is 9.78. The van der Waals surface area contributed by atoms with Gasteiger partial charge in [0.2, 0.25) is 5.91 Å². The van der Waals surface area contributed by atoms with Crippen molar-refractivity contribution in [3.8, 4) is 0 Å². The molecule has 0 aromatic rings. The molecule has 1 fully saturated rings. The molecule has 0 aliphatic carbocycles. The Morgan fingerprint density at radius 1 is 1.30 bits per heavy atom. The van der Waals surface area contributed by atoms with E-state index in [4.69, 9.17) is 5.73 Å². The summed E-state index contributed by atoms with van der Waals surface area (Å²) < 4.78 is 23.5. The Hall–Kier alpha value is -0.620. The van der Waals surface area contributed by atoms with Gasteiger partial charge in [0.1, 0.15) is 0 Å². The highest BCUT2D eigenvalue weighted by Crippen LogP contribution is 2.29. The van der Waals surface area contributed by atoms with E-state index in [0.29, 0.717) is 19.4 Å². The van der Waals surface area contributed by atoms with Crippen molar-refractivity contribution in [2.75, 3.05) is 18.8 Å². The smallest absolute Gasteiger partial charge is 0.227 e. The van der Waals surface area contributed by atoms with E-state index >= 15 is 0 Å². The standard InChI is InChI=1S/C14H28N2O3S/c1-3-7-14(11-15,8-4-2)13(17)16-10-12-6-5-9-20(12,18)19/h12H,3-11,15H2,1-2H3,(H,16,17). The van der Waals surface area contributed by atoms with Crippen molar-refractivity contribution in [1.82, 2.24) is 5.32 Å². The third kappa shape index (κ3) is 3.95. The third-order valence-electron chi connectivity index (χ3n) is 4.28. The maximum Gasteiger partial charge on any atom is 0.227 e.